The Labute approximate surface area is 156 Å². The minimum atomic E-state index is -0.587. The minimum absolute atomic E-state index is 0.159. The number of benzene rings is 1. The van der Waals surface area contributed by atoms with Crippen molar-refractivity contribution in [1.29, 1.82) is 0 Å². The second-order valence-corrected chi connectivity index (χ2v) is 7.99. The number of rotatable bonds is 3. The molecule has 26 heavy (non-hydrogen) atoms. The van der Waals surface area contributed by atoms with Crippen molar-refractivity contribution in [3.05, 3.63) is 35.4 Å². The van der Waals surface area contributed by atoms with E-state index in [4.69, 9.17) is 11.2 Å². The van der Waals surface area contributed by atoms with Crippen molar-refractivity contribution in [3.8, 4) is 12.3 Å². The van der Waals surface area contributed by atoms with Crippen LogP contribution in [-0.2, 0) is 9.53 Å². The molecule has 2 rings (SSSR count). The number of carbonyl (C=O) groups is 2. The Morgan fingerprint density at radius 1 is 1.31 bits per heavy atom. The van der Waals surface area contributed by atoms with Crippen LogP contribution in [0.25, 0.3) is 0 Å². The van der Waals surface area contributed by atoms with Crippen LogP contribution < -0.4 is 5.32 Å². The maximum Gasteiger partial charge on any atom is 0.410 e. The molecule has 0 bridgehead atoms. The predicted molar refractivity (Wildman–Crippen MR) is 101 cm³/mol. The van der Waals surface area contributed by atoms with E-state index in [0.29, 0.717) is 13.0 Å². The number of hydrogen-bond acceptors (Lipinski definition) is 3. The molecule has 1 aromatic carbocycles. The topological polar surface area (TPSA) is 58.6 Å². The molecule has 1 N–H and O–H groups in total. The molecule has 0 spiro atoms. The van der Waals surface area contributed by atoms with Crippen molar-refractivity contribution in [3.63, 3.8) is 0 Å². The molecule has 0 saturated carbocycles. The van der Waals surface area contributed by atoms with E-state index in [1.165, 1.54) is 0 Å². The molecule has 1 saturated heterocycles. The summed E-state index contributed by atoms with van der Waals surface area (Å²) < 4.78 is 5.45. The SMILES string of the molecule is C#Cc1ccc([C@H](C)NC(=O)[C@@H]2C[C@@H](C)CN2C(=O)OC(C)(C)C)cc1. The average molecular weight is 356 g/mol. The van der Waals surface area contributed by atoms with Gasteiger partial charge in [0.15, 0.2) is 0 Å². The Balaban J connectivity index is 2.06. The molecule has 0 unspecified atom stereocenters. The second-order valence-electron chi connectivity index (χ2n) is 7.99. The molecule has 0 aromatic heterocycles. The quantitative estimate of drug-likeness (QED) is 0.844. The molecule has 5 nitrogen and oxygen atoms in total. The zero-order valence-corrected chi connectivity index (χ0v) is 16.2. The highest BCUT2D eigenvalue weighted by Crippen LogP contribution is 2.26. The van der Waals surface area contributed by atoms with Crippen molar-refractivity contribution in [2.24, 2.45) is 5.92 Å². The lowest BCUT2D eigenvalue weighted by atomic mass is 10.0. The van der Waals surface area contributed by atoms with Crippen LogP contribution in [-0.4, -0.2) is 35.1 Å². The van der Waals surface area contributed by atoms with Gasteiger partial charge in [-0.2, -0.15) is 0 Å². The first kappa shape index (κ1) is 19.8. The lowest BCUT2D eigenvalue weighted by Crippen LogP contribution is -2.48. The zero-order chi connectivity index (χ0) is 19.5. The molecular weight excluding hydrogens is 328 g/mol. The lowest BCUT2D eigenvalue weighted by Gasteiger charge is -2.28. The van der Waals surface area contributed by atoms with E-state index in [1.54, 1.807) is 4.90 Å². The Morgan fingerprint density at radius 2 is 1.92 bits per heavy atom. The molecular formula is C21H28N2O3. The third-order valence-corrected chi connectivity index (χ3v) is 4.38. The highest BCUT2D eigenvalue weighted by atomic mass is 16.6. The lowest BCUT2D eigenvalue weighted by molar-refractivity contribution is -0.126. The standard InChI is InChI=1S/C21H28N2O3/c1-7-16-8-10-17(11-9-16)15(3)22-19(24)18-12-14(2)13-23(18)20(25)26-21(4,5)6/h1,8-11,14-15,18H,12-13H2,2-6H3,(H,22,24)/t14-,15+,18+/m1/s1. The summed E-state index contributed by atoms with van der Waals surface area (Å²) in [6.45, 7) is 9.94. The summed E-state index contributed by atoms with van der Waals surface area (Å²) in [6, 6.07) is 6.83. The predicted octanol–water partition coefficient (Wildman–Crippen LogP) is 3.49. The molecule has 1 aromatic rings. The van der Waals surface area contributed by atoms with Crippen LogP contribution in [0.15, 0.2) is 24.3 Å². The van der Waals surface area contributed by atoms with Crippen LogP contribution in [0.3, 0.4) is 0 Å². The summed E-state index contributed by atoms with van der Waals surface area (Å²) in [6.07, 6.45) is 5.57. The Hall–Kier alpha value is -2.48. The van der Waals surface area contributed by atoms with Crippen LogP contribution in [0.1, 0.15) is 58.2 Å². The fraction of sp³-hybridized carbons (Fsp3) is 0.524. The molecule has 1 aliphatic rings. The van der Waals surface area contributed by atoms with Gasteiger partial charge in [0, 0.05) is 12.1 Å². The maximum absolute atomic E-state index is 12.8. The summed E-state index contributed by atoms with van der Waals surface area (Å²) in [5, 5.41) is 3.00. The fourth-order valence-corrected chi connectivity index (χ4v) is 3.08. The third-order valence-electron chi connectivity index (χ3n) is 4.38. The minimum Gasteiger partial charge on any atom is -0.444 e. The van der Waals surface area contributed by atoms with Crippen molar-refractivity contribution in [2.45, 2.75) is 58.7 Å². The van der Waals surface area contributed by atoms with Crippen molar-refractivity contribution < 1.29 is 14.3 Å². The van der Waals surface area contributed by atoms with Gasteiger partial charge in [-0.1, -0.05) is 25.0 Å². The van der Waals surface area contributed by atoms with Gasteiger partial charge in [0.05, 0.1) is 6.04 Å². The van der Waals surface area contributed by atoms with Gasteiger partial charge >= 0.3 is 6.09 Å². The van der Waals surface area contributed by atoms with Gasteiger partial charge in [-0.05, 0) is 57.7 Å². The van der Waals surface area contributed by atoms with Gasteiger partial charge in [0.1, 0.15) is 11.6 Å². The first-order chi connectivity index (χ1) is 12.1. The van der Waals surface area contributed by atoms with Gasteiger partial charge in [-0.15, -0.1) is 6.42 Å². The molecule has 3 atom stereocenters. The smallest absolute Gasteiger partial charge is 0.410 e. The number of nitrogens with zero attached hydrogens (tertiary/aromatic N) is 1. The number of likely N-dealkylation sites (tertiary alicyclic amines) is 1. The summed E-state index contributed by atoms with van der Waals surface area (Å²) in [7, 11) is 0. The van der Waals surface area contributed by atoms with Crippen LogP contribution in [0.5, 0.6) is 0 Å². The van der Waals surface area contributed by atoms with Gasteiger partial charge < -0.3 is 10.1 Å². The van der Waals surface area contributed by atoms with Crippen molar-refractivity contribution in [2.75, 3.05) is 6.54 Å². The molecule has 0 radical (unpaired) electrons. The van der Waals surface area contributed by atoms with Gasteiger partial charge in [0.2, 0.25) is 5.91 Å². The van der Waals surface area contributed by atoms with Crippen LogP contribution >= 0.6 is 0 Å². The van der Waals surface area contributed by atoms with E-state index < -0.39 is 17.7 Å². The summed E-state index contributed by atoms with van der Waals surface area (Å²) in [4.78, 5) is 26.8. The Morgan fingerprint density at radius 3 is 2.46 bits per heavy atom. The molecule has 5 heteroatoms. The molecule has 0 aliphatic carbocycles. The molecule has 1 aliphatic heterocycles. The third kappa shape index (κ3) is 5.01. The monoisotopic (exact) mass is 356 g/mol. The van der Waals surface area contributed by atoms with Gasteiger partial charge in [-0.3, -0.25) is 9.69 Å². The van der Waals surface area contributed by atoms with E-state index in [-0.39, 0.29) is 17.9 Å². The Bertz CT molecular complexity index is 697. The van der Waals surface area contributed by atoms with Crippen LogP contribution in [0.2, 0.25) is 0 Å². The zero-order valence-electron chi connectivity index (χ0n) is 16.2. The largest absolute Gasteiger partial charge is 0.444 e. The first-order valence-electron chi connectivity index (χ1n) is 8.97. The highest BCUT2D eigenvalue weighted by molar-refractivity contribution is 5.86. The van der Waals surface area contributed by atoms with E-state index in [1.807, 2.05) is 58.9 Å². The van der Waals surface area contributed by atoms with Crippen LogP contribution in [0, 0.1) is 18.3 Å². The molecule has 140 valence electrons. The fourth-order valence-electron chi connectivity index (χ4n) is 3.08. The normalized spacial score (nSPS) is 21.0. The van der Waals surface area contributed by atoms with E-state index in [0.717, 1.165) is 11.1 Å². The average Bonchev–Trinajstić information content (AvgIpc) is 2.95. The maximum atomic E-state index is 12.8. The van der Waals surface area contributed by atoms with E-state index >= 15 is 0 Å². The molecule has 1 fully saturated rings. The van der Waals surface area contributed by atoms with Gasteiger partial charge in [-0.25, -0.2) is 4.79 Å². The van der Waals surface area contributed by atoms with Crippen molar-refractivity contribution >= 4 is 12.0 Å². The number of carbonyl (C=O) groups excluding carboxylic acids is 2. The molecule has 1 heterocycles. The van der Waals surface area contributed by atoms with Crippen LogP contribution in [0.4, 0.5) is 4.79 Å². The van der Waals surface area contributed by atoms with Gasteiger partial charge in [0.25, 0.3) is 0 Å². The van der Waals surface area contributed by atoms with E-state index in [9.17, 15) is 9.59 Å². The second kappa shape index (κ2) is 7.82. The summed E-state index contributed by atoms with van der Waals surface area (Å²) >= 11 is 0. The number of ether oxygens (including phenoxy) is 1. The molecule has 2 amide bonds. The van der Waals surface area contributed by atoms with E-state index in [2.05, 4.69) is 11.2 Å². The summed E-state index contributed by atoms with van der Waals surface area (Å²) in [5.41, 5.74) is 1.18. The number of nitrogens with one attached hydrogen (secondary N) is 1. The van der Waals surface area contributed by atoms with Crippen molar-refractivity contribution in [1.82, 2.24) is 10.2 Å². The Kier molecular flexibility index (Phi) is 5.97. The number of hydrogen-bond donors (Lipinski definition) is 1. The number of terminal acetylenes is 1. The first-order valence-corrected chi connectivity index (χ1v) is 8.97. The summed E-state index contributed by atoms with van der Waals surface area (Å²) in [5.74, 6) is 2.67. The highest BCUT2D eigenvalue weighted by Gasteiger charge is 2.40. The number of amides is 2.